The molecule has 0 atom stereocenters. The Balaban J connectivity index is 1.99. The van der Waals surface area contributed by atoms with Gasteiger partial charge in [-0.1, -0.05) is 23.7 Å². The third kappa shape index (κ3) is 2.83. The highest BCUT2D eigenvalue weighted by atomic mass is 35.5. The van der Waals surface area contributed by atoms with E-state index >= 15 is 0 Å². The van der Waals surface area contributed by atoms with Gasteiger partial charge in [-0.2, -0.15) is 5.10 Å². The first kappa shape index (κ1) is 15.6. The molecule has 0 aliphatic heterocycles. The zero-order valence-corrected chi connectivity index (χ0v) is 14.5. The van der Waals surface area contributed by atoms with Gasteiger partial charge in [0.15, 0.2) is 5.15 Å². The van der Waals surface area contributed by atoms with Crippen LogP contribution in [0.5, 0.6) is 5.75 Å². The molecule has 25 heavy (non-hydrogen) atoms. The number of fused-ring (bicyclic) bond motifs is 1. The van der Waals surface area contributed by atoms with Crippen LogP contribution in [0.4, 0.5) is 0 Å². The first-order valence-electron chi connectivity index (χ1n) is 7.79. The number of rotatable bonds is 3. The highest BCUT2D eigenvalue weighted by Crippen LogP contribution is 2.34. The lowest BCUT2D eigenvalue weighted by atomic mass is 10.0. The van der Waals surface area contributed by atoms with Crippen molar-refractivity contribution in [2.75, 3.05) is 7.11 Å². The van der Waals surface area contributed by atoms with Crippen LogP contribution in [-0.4, -0.2) is 26.9 Å². The maximum absolute atomic E-state index is 5.90. The number of aryl methyl sites for hydroxylation is 1. The number of methoxy groups -OCH3 is 1. The molecule has 0 amide bonds. The first-order valence-corrected chi connectivity index (χ1v) is 8.17. The Bertz CT molecular complexity index is 1040. The smallest absolute Gasteiger partial charge is 0.151 e. The Morgan fingerprint density at radius 1 is 0.960 bits per heavy atom. The van der Waals surface area contributed by atoms with Crippen molar-refractivity contribution in [3.8, 4) is 28.3 Å². The number of hydrogen-bond donors (Lipinski definition) is 0. The molecule has 0 aliphatic rings. The molecule has 4 aromatic rings. The largest absolute Gasteiger partial charge is 0.497 e. The van der Waals surface area contributed by atoms with E-state index in [1.165, 1.54) is 0 Å². The van der Waals surface area contributed by atoms with Crippen LogP contribution in [0.15, 0.2) is 54.6 Å². The number of halogens is 1. The molecule has 124 valence electrons. The highest BCUT2D eigenvalue weighted by Gasteiger charge is 2.17. The summed E-state index contributed by atoms with van der Waals surface area (Å²) in [7, 11) is 1.66. The van der Waals surface area contributed by atoms with Crippen LogP contribution in [-0.2, 0) is 0 Å². The zero-order chi connectivity index (χ0) is 17.4. The molecule has 0 spiro atoms. The molecule has 3 heterocycles. The first-order chi connectivity index (χ1) is 12.2. The summed E-state index contributed by atoms with van der Waals surface area (Å²) in [6.07, 6.45) is 0. The lowest BCUT2D eigenvalue weighted by Gasteiger charge is -2.07. The maximum Gasteiger partial charge on any atom is 0.151 e. The summed E-state index contributed by atoms with van der Waals surface area (Å²) in [5.74, 6) is 0.814. The Kier molecular flexibility index (Phi) is 3.86. The molecular formula is C19H15ClN4O. The molecule has 1 aromatic carbocycles. The quantitative estimate of drug-likeness (QED) is 0.548. The lowest BCUT2D eigenvalue weighted by molar-refractivity contribution is 0.415. The molecular weight excluding hydrogens is 336 g/mol. The lowest BCUT2D eigenvalue weighted by Crippen LogP contribution is -1.98. The zero-order valence-electron chi connectivity index (χ0n) is 13.8. The molecule has 0 saturated carbocycles. The third-order valence-electron chi connectivity index (χ3n) is 4.03. The van der Waals surface area contributed by atoms with E-state index in [1.54, 1.807) is 13.2 Å². The van der Waals surface area contributed by atoms with Crippen LogP contribution < -0.4 is 4.74 Å². The van der Waals surface area contributed by atoms with Gasteiger partial charge in [0.25, 0.3) is 0 Å². The molecule has 0 N–H and O–H groups in total. The average Bonchev–Trinajstić information content (AvgIpc) is 3.01. The van der Waals surface area contributed by atoms with Crippen molar-refractivity contribution < 1.29 is 4.74 Å². The molecule has 0 bridgehead atoms. The minimum absolute atomic E-state index is 0.361. The van der Waals surface area contributed by atoms with E-state index in [0.29, 0.717) is 10.8 Å². The van der Waals surface area contributed by atoms with Crippen molar-refractivity contribution in [2.45, 2.75) is 6.92 Å². The minimum atomic E-state index is 0.361. The second kappa shape index (κ2) is 6.18. The van der Waals surface area contributed by atoms with Crippen LogP contribution >= 0.6 is 11.6 Å². The van der Waals surface area contributed by atoms with Crippen molar-refractivity contribution in [2.24, 2.45) is 0 Å². The van der Waals surface area contributed by atoms with Crippen LogP contribution in [0.25, 0.3) is 28.0 Å². The van der Waals surface area contributed by atoms with Gasteiger partial charge in [0.2, 0.25) is 0 Å². The number of benzene rings is 1. The summed E-state index contributed by atoms with van der Waals surface area (Å²) in [5.41, 5.74) is 5.59. The second-order valence-corrected chi connectivity index (χ2v) is 6.08. The molecule has 6 heteroatoms. The Morgan fingerprint density at radius 3 is 2.44 bits per heavy atom. The molecule has 0 saturated heterocycles. The SMILES string of the molecule is COc1ccc(-c2cc3ccc(C)nn3c2-c2ccc(Cl)nn2)cc1. The fourth-order valence-electron chi connectivity index (χ4n) is 2.82. The van der Waals surface area contributed by atoms with E-state index in [2.05, 4.69) is 21.4 Å². The summed E-state index contributed by atoms with van der Waals surface area (Å²) in [4.78, 5) is 0. The van der Waals surface area contributed by atoms with E-state index in [9.17, 15) is 0 Å². The van der Waals surface area contributed by atoms with Gasteiger partial charge in [-0.05, 0) is 55.0 Å². The fraction of sp³-hybridized carbons (Fsp3) is 0.105. The fourth-order valence-corrected chi connectivity index (χ4v) is 2.92. The van der Waals surface area contributed by atoms with E-state index in [1.807, 2.05) is 53.9 Å². The summed E-state index contributed by atoms with van der Waals surface area (Å²) in [5, 5.41) is 13.2. The topological polar surface area (TPSA) is 52.3 Å². The van der Waals surface area contributed by atoms with Gasteiger partial charge >= 0.3 is 0 Å². The minimum Gasteiger partial charge on any atom is -0.497 e. The number of aromatic nitrogens is 4. The van der Waals surface area contributed by atoms with Crippen LogP contribution in [0.2, 0.25) is 5.15 Å². The summed E-state index contributed by atoms with van der Waals surface area (Å²) >= 11 is 5.90. The van der Waals surface area contributed by atoms with Crippen molar-refractivity contribution in [1.29, 1.82) is 0 Å². The van der Waals surface area contributed by atoms with Crippen LogP contribution in [0, 0.1) is 6.92 Å². The monoisotopic (exact) mass is 350 g/mol. The van der Waals surface area contributed by atoms with Gasteiger partial charge in [0, 0.05) is 5.56 Å². The van der Waals surface area contributed by atoms with E-state index < -0.39 is 0 Å². The summed E-state index contributed by atoms with van der Waals surface area (Å²) in [6, 6.07) is 17.6. The summed E-state index contributed by atoms with van der Waals surface area (Å²) in [6.45, 7) is 1.96. The Hall–Kier alpha value is -2.92. The van der Waals surface area contributed by atoms with E-state index in [4.69, 9.17) is 16.3 Å². The molecule has 4 rings (SSSR count). The van der Waals surface area contributed by atoms with Gasteiger partial charge < -0.3 is 4.74 Å². The Morgan fingerprint density at radius 2 is 1.76 bits per heavy atom. The van der Waals surface area contributed by atoms with Crippen LogP contribution in [0.1, 0.15) is 5.69 Å². The third-order valence-corrected chi connectivity index (χ3v) is 4.23. The summed E-state index contributed by atoms with van der Waals surface area (Å²) < 4.78 is 7.15. The second-order valence-electron chi connectivity index (χ2n) is 5.69. The average molecular weight is 351 g/mol. The standard InChI is InChI=1S/C19H15ClN4O/c1-12-3-6-14-11-16(13-4-7-15(25-2)8-5-13)19(24(14)23-12)17-9-10-18(20)22-21-17/h3-11H,1-2H3. The van der Waals surface area contributed by atoms with Gasteiger partial charge in [0.1, 0.15) is 17.1 Å². The van der Waals surface area contributed by atoms with Gasteiger partial charge in [-0.3, -0.25) is 0 Å². The van der Waals surface area contributed by atoms with Crippen LogP contribution in [0.3, 0.4) is 0 Å². The van der Waals surface area contributed by atoms with Gasteiger partial charge in [-0.15, -0.1) is 10.2 Å². The van der Waals surface area contributed by atoms with E-state index in [-0.39, 0.29) is 0 Å². The maximum atomic E-state index is 5.90. The number of ether oxygens (including phenoxy) is 1. The van der Waals surface area contributed by atoms with Gasteiger partial charge in [0.05, 0.1) is 18.3 Å². The van der Waals surface area contributed by atoms with Crippen molar-refractivity contribution in [1.82, 2.24) is 19.8 Å². The van der Waals surface area contributed by atoms with E-state index in [0.717, 1.165) is 33.8 Å². The number of nitrogens with zero attached hydrogens (tertiary/aromatic N) is 4. The molecule has 0 aliphatic carbocycles. The molecule has 3 aromatic heterocycles. The normalized spacial score (nSPS) is 11.0. The van der Waals surface area contributed by atoms with Crippen molar-refractivity contribution in [3.63, 3.8) is 0 Å². The highest BCUT2D eigenvalue weighted by molar-refractivity contribution is 6.29. The molecule has 5 nitrogen and oxygen atoms in total. The van der Waals surface area contributed by atoms with Gasteiger partial charge in [-0.25, -0.2) is 4.52 Å². The molecule has 0 fully saturated rings. The predicted molar refractivity (Wildman–Crippen MR) is 98.0 cm³/mol. The van der Waals surface area contributed by atoms with Crippen molar-refractivity contribution in [3.05, 3.63) is 65.4 Å². The van der Waals surface area contributed by atoms with Crippen molar-refractivity contribution >= 4 is 17.1 Å². The molecule has 0 unspecified atom stereocenters. The Labute approximate surface area is 149 Å². The number of hydrogen-bond acceptors (Lipinski definition) is 4. The molecule has 0 radical (unpaired) electrons. The predicted octanol–water partition coefficient (Wildman–Crippen LogP) is 4.43.